The van der Waals surface area contributed by atoms with Gasteiger partial charge in [0.05, 0.1) is 12.7 Å². The zero-order chi connectivity index (χ0) is 23.2. The van der Waals surface area contributed by atoms with Crippen LogP contribution in [0.25, 0.3) is 0 Å². The van der Waals surface area contributed by atoms with Crippen molar-refractivity contribution in [3.63, 3.8) is 0 Å². The van der Waals surface area contributed by atoms with Crippen molar-refractivity contribution in [3.05, 3.63) is 70.8 Å². The summed E-state index contributed by atoms with van der Waals surface area (Å²) in [6.45, 7) is 6.08. The van der Waals surface area contributed by atoms with E-state index in [1.165, 1.54) is 11.1 Å². The van der Waals surface area contributed by atoms with Gasteiger partial charge in [-0.25, -0.2) is 0 Å². The number of rotatable bonds is 8. The van der Waals surface area contributed by atoms with Gasteiger partial charge in [0.1, 0.15) is 0 Å². The highest BCUT2D eigenvalue weighted by atomic mass is 16.3. The second-order valence-corrected chi connectivity index (χ2v) is 9.39. The summed E-state index contributed by atoms with van der Waals surface area (Å²) in [6, 6.07) is 16.2. The van der Waals surface area contributed by atoms with Crippen LogP contribution in [-0.2, 0) is 19.5 Å². The second-order valence-electron chi connectivity index (χ2n) is 9.39. The van der Waals surface area contributed by atoms with Gasteiger partial charge in [0.15, 0.2) is 0 Å². The van der Waals surface area contributed by atoms with Crippen molar-refractivity contribution in [1.29, 1.82) is 0 Å². The second kappa shape index (κ2) is 11.2. The first kappa shape index (κ1) is 23.9. The van der Waals surface area contributed by atoms with Gasteiger partial charge in [0, 0.05) is 64.0 Å². The summed E-state index contributed by atoms with van der Waals surface area (Å²) in [5.74, 6) is -0.169. The number of β-amino-alcohol motifs (C(OH)–C–C–N with tert-alkyl or cyclic N) is 1. The molecule has 2 aromatic rings. The number of hydrogen-bond acceptors (Lipinski definition) is 6. The lowest BCUT2D eigenvalue weighted by Gasteiger charge is -2.39. The molecule has 1 amide bonds. The highest BCUT2D eigenvalue weighted by Gasteiger charge is 2.25. The van der Waals surface area contributed by atoms with E-state index in [0.29, 0.717) is 18.7 Å². The number of benzene rings is 2. The number of nitrogens with one attached hydrogen (secondary N) is 1. The van der Waals surface area contributed by atoms with Crippen LogP contribution < -0.4 is 5.32 Å². The number of piperazine rings is 1. The lowest BCUT2D eigenvalue weighted by atomic mass is 10.00. The number of likely N-dealkylation sites (N-methyl/N-ethyl adjacent to an activating group) is 1. The lowest BCUT2D eigenvalue weighted by molar-refractivity contribution is 0.0458. The van der Waals surface area contributed by atoms with Crippen molar-refractivity contribution in [2.24, 2.45) is 0 Å². The van der Waals surface area contributed by atoms with Gasteiger partial charge in [-0.2, -0.15) is 0 Å². The van der Waals surface area contributed by atoms with Crippen LogP contribution in [-0.4, -0.2) is 95.9 Å². The maximum atomic E-state index is 12.7. The number of carbonyl (C=O) groups excluding carboxylic acids is 1. The number of aliphatic hydroxyl groups excluding tert-OH is 2. The van der Waals surface area contributed by atoms with Gasteiger partial charge in [-0.05, 0) is 42.3 Å². The van der Waals surface area contributed by atoms with E-state index in [1.54, 1.807) is 6.07 Å². The molecule has 0 spiro atoms. The van der Waals surface area contributed by atoms with Crippen molar-refractivity contribution in [2.75, 3.05) is 52.9 Å². The average molecular weight is 453 g/mol. The van der Waals surface area contributed by atoms with Crippen molar-refractivity contribution < 1.29 is 15.0 Å². The van der Waals surface area contributed by atoms with E-state index < -0.39 is 6.10 Å². The normalized spacial score (nSPS) is 20.9. The number of carbonyl (C=O) groups is 1. The van der Waals surface area contributed by atoms with Gasteiger partial charge in [-0.3, -0.25) is 14.6 Å². The predicted molar refractivity (Wildman–Crippen MR) is 129 cm³/mol. The van der Waals surface area contributed by atoms with Gasteiger partial charge < -0.3 is 20.4 Å². The van der Waals surface area contributed by atoms with Gasteiger partial charge in [-0.1, -0.05) is 36.4 Å². The molecule has 2 aliphatic rings. The molecule has 1 saturated heterocycles. The lowest BCUT2D eigenvalue weighted by Crippen LogP contribution is -2.52. The van der Waals surface area contributed by atoms with Crippen molar-refractivity contribution >= 4 is 5.91 Å². The molecule has 0 radical (unpaired) electrons. The third-order valence-electron chi connectivity index (χ3n) is 6.77. The van der Waals surface area contributed by atoms with E-state index in [-0.39, 0.29) is 25.1 Å². The summed E-state index contributed by atoms with van der Waals surface area (Å²) < 4.78 is 0. The molecule has 2 aromatic carbocycles. The Labute approximate surface area is 196 Å². The Morgan fingerprint density at radius 1 is 1.12 bits per heavy atom. The molecule has 7 heteroatoms. The Morgan fingerprint density at radius 2 is 1.94 bits per heavy atom. The smallest absolute Gasteiger partial charge is 0.251 e. The Bertz CT molecular complexity index is 937. The van der Waals surface area contributed by atoms with E-state index in [2.05, 4.69) is 51.3 Å². The van der Waals surface area contributed by atoms with Crippen molar-refractivity contribution in [1.82, 2.24) is 20.0 Å². The van der Waals surface area contributed by atoms with Crippen LogP contribution in [0.4, 0.5) is 0 Å². The number of aliphatic hydroxyl groups is 2. The molecule has 0 saturated carbocycles. The molecule has 4 rings (SSSR count). The molecule has 7 nitrogen and oxygen atoms in total. The van der Waals surface area contributed by atoms with Gasteiger partial charge >= 0.3 is 0 Å². The molecule has 0 aromatic heterocycles. The maximum Gasteiger partial charge on any atom is 0.251 e. The first-order valence-corrected chi connectivity index (χ1v) is 11.9. The first-order chi connectivity index (χ1) is 16.0. The van der Waals surface area contributed by atoms with Crippen LogP contribution in [0.1, 0.15) is 27.0 Å². The van der Waals surface area contributed by atoms with Crippen LogP contribution in [0.3, 0.4) is 0 Å². The Morgan fingerprint density at radius 3 is 2.76 bits per heavy atom. The topological polar surface area (TPSA) is 79.3 Å². The van der Waals surface area contributed by atoms with E-state index >= 15 is 0 Å². The number of hydrogen-bond donors (Lipinski definition) is 3. The zero-order valence-electron chi connectivity index (χ0n) is 19.5. The number of amides is 1. The minimum atomic E-state index is -0.613. The molecular weight excluding hydrogens is 416 g/mol. The molecule has 2 atom stereocenters. The highest BCUT2D eigenvalue weighted by Crippen LogP contribution is 2.18. The molecule has 2 aliphatic heterocycles. The molecule has 33 heavy (non-hydrogen) atoms. The maximum absolute atomic E-state index is 12.7. The number of fused-ring (bicyclic) bond motifs is 1. The molecular formula is C26H36N4O3. The van der Waals surface area contributed by atoms with Gasteiger partial charge in [0.25, 0.3) is 5.91 Å². The highest BCUT2D eigenvalue weighted by molar-refractivity contribution is 5.94. The molecule has 178 valence electrons. The molecule has 2 unspecified atom stereocenters. The van der Waals surface area contributed by atoms with Gasteiger partial charge in [0.2, 0.25) is 0 Å². The van der Waals surface area contributed by atoms with Crippen LogP contribution >= 0.6 is 0 Å². The minimum Gasteiger partial charge on any atom is -0.395 e. The summed E-state index contributed by atoms with van der Waals surface area (Å²) in [7, 11) is 2.07. The minimum absolute atomic E-state index is 0.109. The van der Waals surface area contributed by atoms with Crippen LogP contribution in [0.15, 0.2) is 48.5 Å². The Kier molecular flexibility index (Phi) is 8.11. The summed E-state index contributed by atoms with van der Waals surface area (Å²) in [4.78, 5) is 19.5. The first-order valence-electron chi connectivity index (χ1n) is 11.9. The quantitative estimate of drug-likeness (QED) is 0.554. The predicted octanol–water partition coefficient (Wildman–Crippen LogP) is 0.944. The molecule has 2 heterocycles. The Hall–Kier alpha value is -2.29. The van der Waals surface area contributed by atoms with Crippen molar-refractivity contribution in [2.45, 2.75) is 31.7 Å². The fourth-order valence-electron chi connectivity index (χ4n) is 4.86. The van der Waals surface area contributed by atoms with E-state index in [9.17, 15) is 15.0 Å². The molecule has 0 aliphatic carbocycles. The Balaban J connectivity index is 1.26. The largest absolute Gasteiger partial charge is 0.395 e. The summed E-state index contributed by atoms with van der Waals surface area (Å²) >= 11 is 0. The van der Waals surface area contributed by atoms with Gasteiger partial charge in [-0.15, -0.1) is 0 Å². The van der Waals surface area contributed by atoms with E-state index in [1.807, 2.05) is 18.2 Å². The van der Waals surface area contributed by atoms with Crippen LogP contribution in [0, 0.1) is 0 Å². The standard InChI is InChI=1S/C26H36N4O3/c1-28-11-12-30(24(17-28)19-31)15-20-5-4-8-22(13-20)26(33)27-14-25(32)18-29-10-9-21-6-2-3-7-23(21)16-29/h2-8,13,24-25,31-32H,9-12,14-19H2,1H3,(H,27,33). The third-order valence-corrected chi connectivity index (χ3v) is 6.77. The SMILES string of the molecule is CN1CCN(Cc2cccc(C(=O)NCC(O)CN3CCc4ccccc4C3)c2)C(CO)C1. The average Bonchev–Trinajstić information content (AvgIpc) is 2.83. The van der Waals surface area contributed by atoms with E-state index in [0.717, 1.165) is 44.7 Å². The van der Waals surface area contributed by atoms with Crippen LogP contribution in [0.2, 0.25) is 0 Å². The zero-order valence-corrected chi connectivity index (χ0v) is 19.5. The van der Waals surface area contributed by atoms with Crippen LogP contribution in [0.5, 0.6) is 0 Å². The van der Waals surface area contributed by atoms with E-state index in [4.69, 9.17) is 0 Å². The monoisotopic (exact) mass is 452 g/mol. The number of nitrogens with zero attached hydrogens (tertiary/aromatic N) is 3. The molecule has 0 bridgehead atoms. The third kappa shape index (κ3) is 6.40. The summed E-state index contributed by atoms with van der Waals surface area (Å²) in [5.41, 5.74) is 4.36. The fraction of sp³-hybridized carbons (Fsp3) is 0.500. The van der Waals surface area contributed by atoms with Crippen molar-refractivity contribution in [3.8, 4) is 0 Å². The fourth-order valence-corrected chi connectivity index (χ4v) is 4.86. The summed E-state index contributed by atoms with van der Waals surface area (Å²) in [6.07, 6.45) is 0.380. The molecule has 1 fully saturated rings. The molecule has 3 N–H and O–H groups in total. The summed E-state index contributed by atoms with van der Waals surface area (Å²) in [5, 5.41) is 23.1.